The first kappa shape index (κ1) is 13.7. The molecule has 1 fully saturated rings. The van der Waals surface area contributed by atoms with Gasteiger partial charge in [-0.3, -0.25) is 0 Å². The Bertz CT molecular complexity index is 850. The normalized spacial score (nSPS) is 16.8. The molecule has 22 heavy (non-hydrogen) atoms. The third-order valence-electron chi connectivity index (χ3n) is 4.11. The van der Waals surface area contributed by atoms with E-state index in [-0.39, 0.29) is 0 Å². The van der Waals surface area contributed by atoms with Gasteiger partial charge < -0.3 is 9.80 Å². The SMILES string of the molecule is Cc1nc2c(N3CCN(C)CC3)nc3ccc(Cl)cc3n2n1. The maximum atomic E-state index is 6.13. The van der Waals surface area contributed by atoms with E-state index in [1.807, 2.05) is 29.6 Å². The maximum absolute atomic E-state index is 6.13. The van der Waals surface area contributed by atoms with Crippen LogP contribution in [0.25, 0.3) is 16.7 Å². The van der Waals surface area contributed by atoms with Crippen LogP contribution in [0, 0.1) is 6.92 Å². The first-order valence-electron chi connectivity index (χ1n) is 7.38. The topological polar surface area (TPSA) is 49.6 Å². The molecule has 6 nitrogen and oxygen atoms in total. The third kappa shape index (κ3) is 2.19. The van der Waals surface area contributed by atoms with Crippen LogP contribution in [-0.4, -0.2) is 57.7 Å². The van der Waals surface area contributed by atoms with E-state index in [2.05, 4.69) is 26.9 Å². The fraction of sp³-hybridized carbons (Fsp3) is 0.400. The Kier molecular flexibility index (Phi) is 3.16. The summed E-state index contributed by atoms with van der Waals surface area (Å²) in [7, 11) is 2.14. The zero-order valence-electron chi connectivity index (χ0n) is 12.6. The molecule has 1 saturated heterocycles. The lowest BCUT2D eigenvalue weighted by Crippen LogP contribution is -2.45. The Hall–Kier alpha value is -1.92. The van der Waals surface area contributed by atoms with Crippen molar-refractivity contribution in [2.75, 3.05) is 38.1 Å². The number of nitrogens with zero attached hydrogens (tertiary/aromatic N) is 6. The number of piperazine rings is 1. The number of fused-ring (bicyclic) bond motifs is 3. The van der Waals surface area contributed by atoms with Crippen molar-refractivity contribution in [2.45, 2.75) is 6.92 Å². The summed E-state index contributed by atoms with van der Waals surface area (Å²) in [5, 5.41) is 5.20. The number of aromatic nitrogens is 4. The lowest BCUT2D eigenvalue weighted by atomic mass is 10.3. The highest BCUT2D eigenvalue weighted by Crippen LogP contribution is 2.26. The van der Waals surface area contributed by atoms with E-state index in [1.165, 1.54) is 0 Å². The highest BCUT2D eigenvalue weighted by Gasteiger charge is 2.21. The van der Waals surface area contributed by atoms with Gasteiger partial charge >= 0.3 is 0 Å². The van der Waals surface area contributed by atoms with Gasteiger partial charge in [-0.05, 0) is 32.2 Å². The summed E-state index contributed by atoms with van der Waals surface area (Å²) < 4.78 is 1.86. The predicted octanol–water partition coefficient (Wildman–Crippen LogP) is 1.99. The lowest BCUT2D eigenvalue weighted by molar-refractivity contribution is 0.312. The minimum Gasteiger partial charge on any atom is -0.351 e. The Morgan fingerprint density at radius 1 is 1.09 bits per heavy atom. The molecule has 3 heterocycles. The molecule has 0 radical (unpaired) electrons. The van der Waals surface area contributed by atoms with Crippen molar-refractivity contribution in [3.05, 3.63) is 29.0 Å². The summed E-state index contributed by atoms with van der Waals surface area (Å²) >= 11 is 6.13. The van der Waals surface area contributed by atoms with Crippen LogP contribution in [0.1, 0.15) is 5.82 Å². The van der Waals surface area contributed by atoms with Crippen molar-refractivity contribution < 1.29 is 0 Å². The van der Waals surface area contributed by atoms with Crippen LogP contribution in [0.3, 0.4) is 0 Å². The summed E-state index contributed by atoms with van der Waals surface area (Å²) in [6, 6.07) is 5.69. The highest BCUT2D eigenvalue weighted by atomic mass is 35.5. The number of aryl methyl sites for hydroxylation is 1. The summed E-state index contributed by atoms with van der Waals surface area (Å²) in [4.78, 5) is 14.0. The Morgan fingerprint density at radius 2 is 1.86 bits per heavy atom. The van der Waals surface area contributed by atoms with E-state index in [0.717, 1.165) is 54.5 Å². The van der Waals surface area contributed by atoms with Crippen LogP contribution in [0.4, 0.5) is 5.82 Å². The molecule has 3 aromatic rings. The van der Waals surface area contributed by atoms with Gasteiger partial charge in [0.05, 0.1) is 11.0 Å². The molecule has 0 spiro atoms. The van der Waals surface area contributed by atoms with Crippen molar-refractivity contribution in [2.24, 2.45) is 0 Å². The smallest absolute Gasteiger partial charge is 0.199 e. The van der Waals surface area contributed by atoms with Gasteiger partial charge in [0.15, 0.2) is 11.5 Å². The molecule has 114 valence electrons. The van der Waals surface area contributed by atoms with Crippen molar-refractivity contribution in [3.63, 3.8) is 0 Å². The molecular formula is C15H17ClN6. The van der Waals surface area contributed by atoms with E-state index < -0.39 is 0 Å². The van der Waals surface area contributed by atoms with Gasteiger partial charge in [-0.15, -0.1) is 0 Å². The molecule has 1 aromatic carbocycles. The number of halogens is 1. The van der Waals surface area contributed by atoms with Gasteiger partial charge in [0.25, 0.3) is 0 Å². The van der Waals surface area contributed by atoms with Gasteiger partial charge in [-0.2, -0.15) is 5.10 Å². The van der Waals surface area contributed by atoms with Gasteiger partial charge in [0, 0.05) is 31.2 Å². The van der Waals surface area contributed by atoms with Crippen LogP contribution in [0.15, 0.2) is 18.2 Å². The van der Waals surface area contributed by atoms with Crippen molar-refractivity contribution in [1.29, 1.82) is 0 Å². The number of rotatable bonds is 1. The van der Waals surface area contributed by atoms with Crippen LogP contribution < -0.4 is 4.90 Å². The minimum absolute atomic E-state index is 0.677. The lowest BCUT2D eigenvalue weighted by Gasteiger charge is -2.33. The Labute approximate surface area is 133 Å². The molecule has 0 N–H and O–H groups in total. The van der Waals surface area contributed by atoms with E-state index in [9.17, 15) is 0 Å². The highest BCUT2D eigenvalue weighted by molar-refractivity contribution is 6.31. The first-order chi connectivity index (χ1) is 10.6. The fourth-order valence-corrected chi connectivity index (χ4v) is 3.05. The molecular weight excluding hydrogens is 300 g/mol. The summed E-state index contributed by atoms with van der Waals surface area (Å²) in [6.07, 6.45) is 0. The van der Waals surface area contributed by atoms with E-state index >= 15 is 0 Å². The molecule has 0 unspecified atom stereocenters. The van der Waals surface area contributed by atoms with E-state index in [1.54, 1.807) is 0 Å². The largest absolute Gasteiger partial charge is 0.351 e. The second-order valence-electron chi connectivity index (χ2n) is 5.75. The molecule has 0 bridgehead atoms. The molecule has 2 aromatic heterocycles. The van der Waals surface area contributed by atoms with Crippen molar-refractivity contribution in [3.8, 4) is 0 Å². The first-order valence-corrected chi connectivity index (χ1v) is 7.76. The Morgan fingerprint density at radius 3 is 2.64 bits per heavy atom. The number of hydrogen-bond acceptors (Lipinski definition) is 5. The summed E-state index contributed by atoms with van der Waals surface area (Å²) in [5.41, 5.74) is 2.58. The maximum Gasteiger partial charge on any atom is 0.199 e. The standard InChI is InChI=1S/C15H17ClN6/c1-10-17-15-14(21-7-5-20(2)6-8-21)18-12-4-3-11(16)9-13(12)22(15)19-10/h3-4,9H,5-8H2,1-2H3. The van der Waals surface area contributed by atoms with Crippen LogP contribution in [0.2, 0.25) is 5.02 Å². The van der Waals surface area contributed by atoms with Gasteiger partial charge in [-0.1, -0.05) is 11.6 Å². The second kappa shape index (κ2) is 5.07. The molecule has 7 heteroatoms. The van der Waals surface area contributed by atoms with Crippen LogP contribution >= 0.6 is 11.6 Å². The zero-order chi connectivity index (χ0) is 15.3. The third-order valence-corrected chi connectivity index (χ3v) is 4.34. The van der Waals surface area contributed by atoms with Crippen LogP contribution in [-0.2, 0) is 0 Å². The summed E-state index contributed by atoms with van der Waals surface area (Å²) in [5.74, 6) is 1.65. The zero-order valence-corrected chi connectivity index (χ0v) is 13.4. The number of likely N-dealkylation sites (N-methyl/N-ethyl adjacent to an activating group) is 1. The van der Waals surface area contributed by atoms with Crippen molar-refractivity contribution >= 4 is 34.1 Å². The molecule has 1 aliphatic heterocycles. The average Bonchev–Trinajstić information content (AvgIpc) is 2.89. The number of hydrogen-bond donors (Lipinski definition) is 0. The quantitative estimate of drug-likeness (QED) is 0.687. The van der Waals surface area contributed by atoms with E-state index in [0.29, 0.717) is 5.02 Å². The van der Waals surface area contributed by atoms with E-state index in [4.69, 9.17) is 16.6 Å². The monoisotopic (exact) mass is 316 g/mol. The minimum atomic E-state index is 0.677. The van der Waals surface area contributed by atoms with Gasteiger partial charge in [0.2, 0.25) is 0 Å². The van der Waals surface area contributed by atoms with Gasteiger partial charge in [0.1, 0.15) is 5.82 Å². The average molecular weight is 317 g/mol. The second-order valence-corrected chi connectivity index (χ2v) is 6.19. The molecule has 4 rings (SSSR count). The molecule has 0 aliphatic carbocycles. The summed E-state index contributed by atoms with van der Waals surface area (Å²) in [6.45, 7) is 5.85. The number of anilines is 1. The number of benzene rings is 1. The van der Waals surface area contributed by atoms with Crippen molar-refractivity contribution in [1.82, 2.24) is 24.5 Å². The molecule has 0 atom stereocenters. The predicted molar refractivity (Wildman–Crippen MR) is 87.7 cm³/mol. The Balaban J connectivity index is 1.94. The fourth-order valence-electron chi connectivity index (χ4n) is 2.88. The van der Waals surface area contributed by atoms with Gasteiger partial charge in [-0.25, -0.2) is 14.5 Å². The molecule has 1 aliphatic rings. The molecule has 0 amide bonds. The molecule has 0 saturated carbocycles. The van der Waals surface area contributed by atoms with Crippen LogP contribution in [0.5, 0.6) is 0 Å².